The number of thioether (sulfide) groups is 1. The number of allylic oxidation sites excluding steroid dienone is 3. The van der Waals surface area contributed by atoms with Crippen molar-refractivity contribution in [2.24, 2.45) is 0 Å². The molecule has 0 radical (unpaired) electrons. The second kappa shape index (κ2) is 7.71. The van der Waals surface area contributed by atoms with Gasteiger partial charge < -0.3 is 10.2 Å². The number of nitrogens with zero attached hydrogens (tertiary/aromatic N) is 1. The summed E-state index contributed by atoms with van der Waals surface area (Å²) in [7, 11) is 0. The first-order chi connectivity index (χ1) is 10.1. The zero-order valence-electron chi connectivity index (χ0n) is 13.6. The number of benzene rings is 1. The highest BCUT2D eigenvalue weighted by Crippen LogP contribution is 2.33. The number of aryl methyl sites for hydroxylation is 2. The van der Waals surface area contributed by atoms with Crippen LogP contribution in [0.2, 0.25) is 0 Å². The summed E-state index contributed by atoms with van der Waals surface area (Å²) in [5.41, 5.74) is 4.07. The van der Waals surface area contributed by atoms with Gasteiger partial charge in [0, 0.05) is 41.7 Å². The molecule has 1 heterocycles. The molecule has 0 spiro atoms. The van der Waals surface area contributed by atoms with Gasteiger partial charge in [-0.3, -0.25) is 0 Å². The average molecular weight is 302 g/mol. The van der Waals surface area contributed by atoms with E-state index in [-0.39, 0.29) is 0 Å². The van der Waals surface area contributed by atoms with E-state index in [1.54, 1.807) is 0 Å². The number of hydrogen-bond donors (Lipinski definition) is 1. The fourth-order valence-corrected chi connectivity index (χ4v) is 3.64. The van der Waals surface area contributed by atoms with Gasteiger partial charge in [0.2, 0.25) is 0 Å². The van der Waals surface area contributed by atoms with Crippen LogP contribution in [0.4, 0.5) is 0 Å². The van der Waals surface area contributed by atoms with E-state index in [0.717, 1.165) is 26.2 Å². The third-order valence-corrected chi connectivity index (χ3v) is 5.15. The maximum Gasteiger partial charge on any atom is 0.0307 e. The molecule has 1 saturated heterocycles. The molecule has 1 aromatic carbocycles. The van der Waals surface area contributed by atoms with Crippen LogP contribution in [-0.4, -0.2) is 31.1 Å². The first kappa shape index (κ1) is 16.2. The van der Waals surface area contributed by atoms with Crippen molar-refractivity contribution in [3.63, 3.8) is 0 Å². The monoisotopic (exact) mass is 302 g/mol. The van der Waals surface area contributed by atoms with Crippen molar-refractivity contribution in [3.8, 4) is 0 Å². The first-order valence-electron chi connectivity index (χ1n) is 7.66. The maximum absolute atomic E-state index is 3.42. The van der Waals surface area contributed by atoms with Crippen molar-refractivity contribution in [1.82, 2.24) is 10.2 Å². The molecule has 0 aromatic heterocycles. The van der Waals surface area contributed by atoms with Crippen LogP contribution in [0.5, 0.6) is 0 Å². The Hall–Kier alpha value is -1.19. The van der Waals surface area contributed by atoms with Gasteiger partial charge in [-0.15, -0.1) is 0 Å². The Morgan fingerprint density at radius 1 is 1.24 bits per heavy atom. The summed E-state index contributed by atoms with van der Waals surface area (Å²) in [6, 6.07) is 6.70. The van der Waals surface area contributed by atoms with Crippen LogP contribution >= 0.6 is 11.8 Å². The molecule has 0 saturated carbocycles. The molecule has 0 amide bonds. The summed E-state index contributed by atoms with van der Waals surface area (Å²) < 4.78 is 0. The number of piperazine rings is 1. The van der Waals surface area contributed by atoms with Crippen LogP contribution in [0.25, 0.3) is 0 Å². The molecule has 0 bridgehead atoms. The topological polar surface area (TPSA) is 15.3 Å². The Morgan fingerprint density at radius 3 is 2.57 bits per heavy atom. The minimum atomic E-state index is 1.08. The zero-order valence-corrected chi connectivity index (χ0v) is 14.4. The molecule has 1 N–H and O–H groups in total. The van der Waals surface area contributed by atoms with E-state index in [1.165, 1.54) is 26.6 Å². The van der Waals surface area contributed by atoms with Crippen LogP contribution in [-0.2, 0) is 0 Å². The lowest BCUT2D eigenvalue weighted by atomic mass is 10.2. The number of nitrogens with one attached hydrogen (secondary N) is 1. The second-order valence-electron chi connectivity index (χ2n) is 5.56. The summed E-state index contributed by atoms with van der Waals surface area (Å²) >= 11 is 1.88. The summed E-state index contributed by atoms with van der Waals surface area (Å²) in [4.78, 5) is 5.19. The van der Waals surface area contributed by atoms with Crippen molar-refractivity contribution in [2.45, 2.75) is 32.6 Å². The van der Waals surface area contributed by atoms with Gasteiger partial charge in [0.15, 0.2) is 0 Å². The smallest absolute Gasteiger partial charge is 0.0307 e. The van der Waals surface area contributed by atoms with E-state index in [0.29, 0.717) is 0 Å². The SMILES string of the molecule is CC=CC(Sc1ccc(C)cc1C)=C(C)N1CCNCC1. The fraction of sp³-hybridized carbons (Fsp3) is 0.444. The van der Waals surface area contributed by atoms with Gasteiger partial charge in [-0.2, -0.15) is 0 Å². The molecule has 114 valence electrons. The van der Waals surface area contributed by atoms with Crippen LogP contribution in [0, 0.1) is 13.8 Å². The molecule has 1 aliphatic heterocycles. The second-order valence-corrected chi connectivity index (χ2v) is 6.64. The predicted octanol–water partition coefficient (Wildman–Crippen LogP) is 4.11. The molecule has 1 aromatic rings. The molecule has 0 aliphatic carbocycles. The Kier molecular flexibility index (Phi) is 5.95. The van der Waals surface area contributed by atoms with Gasteiger partial charge in [0.25, 0.3) is 0 Å². The summed E-state index contributed by atoms with van der Waals surface area (Å²) in [6.45, 7) is 13.0. The molecule has 2 nitrogen and oxygen atoms in total. The Morgan fingerprint density at radius 2 is 1.95 bits per heavy atom. The highest BCUT2D eigenvalue weighted by molar-refractivity contribution is 8.03. The maximum atomic E-state index is 3.42. The quantitative estimate of drug-likeness (QED) is 0.665. The van der Waals surface area contributed by atoms with Crippen molar-refractivity contribution in [3.05, 3.63) is 52.1 Å². The Balaban J connectivity index is 2.25. The van der Waals surface area contributed by atoms with Crippen LogP contribution in [0.3, 0.4) is 0 Å². The van der Waals surface area contributed by atoms with Crippen LogP contribution in [0.15, 0.2) is 45.8 Å². The molecule has 3 heteroatoms. The average Bonchev–Trinajstić information content (AvgIpc) is 2.49. The minimum Gasteiger partial charge on any atom is -0.372 e. The molecule has 2 rings (SSSR count). The zero-order chi connectivity index (χ0) is 15.2. The lowest BCUT2D eigenvalue weighted by molar-refractivity contribution is 0.299. The summed E-state index contributed by atoms with van der Waals surface area (Å²) in [6.07, 6.45) is 4.37. The van der Waals surface area contributed by atoms with Gasteiger partial charge >= 0.3 is 0 Å². The fourth-order valence-electron chi connectivity index (χ4n) is 2.57. The first-order valence-corrected chi connectivity index (χ1v) is 8.48. The number of rotatable bonds is 4. The molecular formula is C18H26N2S. The van der Waals surface area contributed by atoms with E-state index in [1.807, 2.05) is 11.8 Å². The third-order valence-electron chi connectivity index (χ3n) is 3.82. The molecular weight excluding hydrogens is 276 g/mol. The summed E-state index contributed by atoms with van der Waals surface area (Å²) in [5, 5.41) is 3.42. The molecule has 0 unspecified atom stereocenters. The summed E-state index contributed by atoms with van der Waals surface area (Å²) in [5.74, 6) is 0. The lowest BCUT2D eigenvalue weighted by Crippen LogP contribution is -2.42. The third kappa shape index (κ3) is 4.39. The van der Waals surface area contributed by atoms with E-state index in [2.05, 4.69) is 68.3 Å². The number of hydrogen-bond acceptors (Lipinski definition) is 3. The van der Waals surface area contributed by atoms with E-state index in [9.17, 15) is 0 Å². The van der Waals surface area contributed by atoms with E-state index >= 15 is 0 Å². The predicted molar refractivity (Wildman–Crippen MR) is 93.7 cm³/mol. The van der Waals surface area contributed by atoms with Crippen molar-refractivity contribution >= 4 is 11.8 Å². The largest absolute Gasteiger partial charge is 0.372 e. The Labute approximate surface area is 133 Å². The molecule has 1 aliphatic rings. The van der Waals surface area contributed by atoms with E-state index < -0.39 is 0 Å². The van der Waals surface area contributed by atoms with Crippen LogP contribution in [0.1, 0.15) is 25.0 Å². The van der Waals surface area contributed by atoms with E-state index in [4.69, 9.17) is 0 Å². The van der Waals surface area contributed by atoms with Crippen molar-refractivity contribution < 1.29 is 0 Å². The standard InChI is InChI=1S/C18H26N2S/c1-5-6-18(16(4)20-11-9-19-10-12-20)21-17-8-7-14(2)13-15(17)3/h5-8,13,19H,9-12H2,1-4H3. The molecule has 21 heavy (non-hydrogen) atoms. The van der Waals surface area contributed by atoms with Crippen molar-refractivity contribution in [2.75, 3.05) is 26.2 Å². The molecule has 1 fully saturated rings. The molecule has 0 atom stereocenters. The van der Waals surface area contributed by atoms with Gasteiger partial charge in [-0.05, 0) is 39.3 Å². The van der Waals surface area contributed by atoms with Gasteiger partial charge in [0.1, 0.15) is 0 Å². The normalized spacial score (nSPS) is 17.2. The highest BCUT2D eigenvalue weighted by atomic mass is 32.2. The van der Waals surface area contributed by atoms with Gasteiger partial charge in [0.05, 0.1) is 0 Å². The highest BCUT2D eigenvalue weighted by Gasteiger charge is 2.13. The Bertz CT molecular complexity index is 540. The van der Waals surface area contributed by atoms with Gasteiger partial charge in [-0.1, -0.05) is 41.6 Å². The van der Waals surface area contributed by atoms with Gasteiger partial charge in [-0.25, -0.2) is 0 Å². The minimum absolute atomic E-state index is 1.08. The lowest BCUT2D eigenvalue weighted by Gasteiger charge is -2.31. The van der Waals surface area contributed by atoms with Crippen molar-refractivity contribution in [1.29, 1.82) is 0 Å². The van der Waals surface area contributed by atoms with Crippen LogP contribution < -0.4 is 5.32 Å².